The van der Waals surface area contributed by atoms with Crippen molar-refractivity contribution in [3.8, 4) is 0 Å². The van der Waals surface area contributed by atoms with Crippen molar-refractivity contribution < 1.29 is 8.42 Å². The van der Waals surface area contributed by atoms with Gasteiger partial charge in [-0.05, 0) is 49.4 Å². The second-order valence-electron chi connectivity index (χ2n) is 6.70. The summed E-state index contributed by atoms with van der Waals surface area (Å²) in [4.78, 5) is 10.9. The van der Waals surface area contributed by atoms with Crippen molar-refractivity contribution >= 4 is 32.3 Å². The molecule has 10 heteroatoms. The monoisotopic (exact) mass is 436 g/mol. The molecule has 0 unspecified atom stereocenters. The topological polar surface area (TPSA) is 98.7 Å². The summed E-state index contributed by atoms with van der Waals surface area (Å²) in [5.41, 5.74) is 0. The van der Waals surface area contributed by atoms with E-state index in [1.807, 2.05) is 6.92 Å². The zero-order valence-corrected chi connectivity index (χ0v) is 18.2. The molecule has 1 aliphatic heterocycles. The number of nitrogens with one attached hydrogen (secondary N) is 3. The lowest BCUT2D eigenvalue weighted by atomic mass is 10.1. The molecule has 0 amide bonds. The van der Waals surface area contributed by atoms with Crippen molar-refractivity contribution in [1.82, 2.24) is 20.3 Å². The van der Waals surface area contributed by atoms with E-state index in [4.69, 9.17) is 0 Å². The Morgan fingerprint density at radius 1 is 1.31 bits per heavy atom. The molecule has 0 bridgehead atoms. The van der Waals surface area contributed by atoms with Crippen LogP contribution in [-0.4, -0.2) is 58.1 Å². The van der Waals surface area contributed by atoms with Crippen LogP contribution in [0.15, 0.2) is 51.9 Å². The zero-order valence-electron chi connectivity index (χ0n) is 16.5. The normalized spacial score (nSPS) is 16.0. The van der Waals surface area contributed by atoms with Crippen LogP contribution < -0.4 is 20.3 Å². The van der Waals surface area contributed by atoms with E-state index in [-0.39, 0.29) is 11.4 Å². The number of thiophene rings is 1. The summed E-state index contributed by atoms with van der Waals surface area (Å²) in [6.45, 7) is 5.38. The molecule has 8 nitrogen and oxygen atoms in total. The summed E-state index contributed by atoms with van der Waals surface area (Å²) in [7, 11) is -3.55. The van der Waals surface area contributed by atoms with Crippen LogP contribution >= 0.6 is 11.3 Å². The molecule has 1 aliphatic rings. The fraction of sp³-hybridized carbons (Fsp3) is 0.474. The smallest absolute Gasteiger partial charge is 0.242 e. The van der Waals surface area contributed by atoms with Crippen LogP contribution in [0, 0.1) is 0 Å². The maximum absolute atomic E-state index is 12.2. The van der Waals surface area contributed by atoms with Crippen LogP contribution in [-0.2, 0) is 10.0 Å². The second-order valence-corrected chi connectivity index (χ2v) is 9.40. The van der Waals surface area contributed by atoms with Crippen LogP contribution in [0.5, 0.6) is 0 Å². The van der Waals surface area contributed by atoms with Gasteiger partial charge in [0.05, 0.1) is 11.5 Å². The Bertz CT molecular complexity index is 863. The highest BCUT2D eigenvalue weighted by Gasteiger charge is 2.20. The van der Waals surface area contributed by atoms with Crippen LogP contribution in [0.3, 0.4) is 0 Å². The predicted octanol–water partition coefficient (Wildman–Crippen LogP) is 1.65. The molecule has 0 aromatic carbocycles. The van der Waals surface area contributed by atoms with Gasteiger partial charge in [0.1, 0.15) is 4.90 Å². The first-order valence-corrected chi connectivity index (χ1v) is 12.2. The fourth-order valence-corrected chi connectivity index (χ4v) is 4.91. The standard InChI is InChI=1S/C19H28N6O2S2/c1-2-21-19(22-10-11-23-29(26,27)17-5-3-9-20-15-17)24-16-7-12-25(13-8-16)18-6-4-14-28-18/h3-6,9,14-16,23H,2,7-8,10-13H2,1H3,(H2,21,22,24). The Hall–Kier alpha value is -2.17. The minimum absolute atomic E-state index is 0.159. The van der Waals surface area contributed by atoms with Gasteiger partial charge in [-0.1, -0.05) is 0 Å². The Morgan fingerprint density at radius 2 is 2.14 bits per heavy atom. The number of hydrogen-bond donors (Lipinski definition) is 3. The van der Waals surface area contributed by atoms with Gasteiger partial charge in [0.25, 0.3) is 0 Å². The highest BCUT2D eigenvalue weighted by molar-refractivity contribution is 7.89. The molecule has 2 aromatic rings. The number of nitrogens with zero attached hydrogens (tertiary/aromatic N) is 3. The minimum atomic E-state index is -3.55. The lowest BCUT2D eigenvalue weighted by Crippen LogP contribution is -2.48. The van der Waals surface area contributed by atoms with Crippen molar-refractivity contribution in [2.24, 2.45) is 4.99 Å². The van der Waals surface area contributed by atoms with Crippen LogP contribution in [0.1, 0.15) is 19.8 Å². The van der Waals surface area contributed by atoms with Crippen molar-refractivity contribution in [3.05, 3.63) is 42.0 Å². The highest BCUT2D eigenvalue weighted by atomic mass is 32.2. The molecule has 1 saturated heterocycles. The van der Waals surface area contributed by atoms with E-state index >= 15 is 0 Å². The van der Waals surface area contributed by atoms with E-state index in [1.54, 1.807) is 23.6 Å². The molecule has 0 spiro atoms. The first-order chi connectivity index (χ1) is 14.1. The van der Waals surface area contributed by atoms with E-state index in [0.29, 0.717) is 12.6 Å². The van der Waals surface area contributed by atoms with Gasteiger partial charge in [0, 0.05) is 44.6 Å². The molecule has 3 heterocycles. The van der Waals surface area contributed by atoms with Gasteiger partial charge in [-0.25, -0.2) is 13.1 Å². The number of aromatic nitrogens is 1. The van der Waals surface area contributed by atoms with Gasteiger partial charge in [0.2, 0.25) is 10.0 Å². The third-order valence-corrected chi connectivity index (χ3v) is 6.99. The SMILES string of the molecule is CCNC(=NCCNS(=O)(=O)c1cccnc1)NC1CCN(c2cccs2)CC1. The largest absolute Gasteiger partial charge is 0.363 e. The van der Waals surface area contributed by atoms with Crippen LogP contribution in [0.4, 0.5) is 5.00 Å². The zero-order chi connectivity index (χ0) is 20.5. The molecule has 0 atom stereocenters. The quantitative estimate of drug-likeness (QED) is 0.331. The number of anilines is 1. The number of pyridine rings is 1. The Balaban J connectivity index is 1.46. The van der Waals surface area contributed by atoms with Crippen molar-refractivity contribution in [1.29, 1.82) is 0 Å². The summed E-state index contributed by atoms with van der Waals surface area (Å²) >= 11 is 1.78. The number of rotatable bonds is 8. The Morgan fingerprint density at radius 3 is 2.79 bits per heavy atom. The lowest BCUT2D eigenvalue weighted by Gasteiger charge is -2.33. The number of hydrogen-bond acceptors (Lipinski definition) is 6. The molecule has 29 heavy (non-hydrogen) atoms. The average molecular weight is 437 g/mol. The average Bonchev–Trinajstić information content (AvgIpc) is 3.27. The third kappa shape index (κ3) is 6.41. The van der Waals surface area contributed by atoms with Crippen LogP contribution in [0.2, 0.25) is 0 Å². The lowest BCUT2D eigenvalue weighted by molar-refractivity contribution is 0.463. The van der Waals surface area contributed by atoms with E-state index in [0.717, 1.165) is 38.4 Å². The Kier molecular flexibility index (Phi) is 7.84. The van der Waals surface area contributed by atoms with E-state index in [1.165, 1.54) is 17.3 Å². The molecule has 0 aliphatic carbocycles. The maximum Gasteiger partial charge on any atom is 0.242 e. The summed E-state index contributed by atoms with van der Waals surface area (Å²) in [6, 6.07) is 7.73. The van der Waals surface area contributed by atoms with Gasteiger partial charge >= 0.3 is 0 Å². The fourth-order valence-electron chi connectivity index (χ4n) is 3.14. The molecule has 3 N–H and O–H groups in total. The highest BCUT2D eigenvalue weighted by Crippen LogP contribution is 2.24. The van der Waals surface area contributed by atoms with E-state index < -0.39 is 10.0 Å². The first kappa shape index (κ1) is 21.5. The molecule has 1 fully saturated rings. The third-order valence-electron chi connectivity index (χ3n) is 4.62. The minimum Gasteiger partial charge on any atom is -0.363 e. The molecule has 3 rings (SSSR count). The number of aliphatic imine (C=N–C) groups is 1. The van der Waals surface area contributed by atoms with Gasteiger partial charge in [-0.3, -0.25) is 9.98 Å². The van der Waals surface area contributed by atoms with Crippen molar-refractivity contribution in [2.75, 3.05) is 37.6 Å². The molecular formula is C19H28N6O2S2. The van der Waals surface area contributed by atoms with E-state index in [9.17, 15) is 8.42 Å². The van der Waals surface area contributed by atoms with Gasteiger partial charge < -0.3 is 15.5 Å². The first-order valence-electron chi connectivity index (χ1n) is 9.81. The number of guanidine groups is 1. The summed E-state index contributed by atoms with van der Waals surface area (Å²) < 4.78 is 27.0. The van der Waals surface area contributed by atoms with Crippen molar-refractivity contribution in [3.63, 3.8) is 0 Å². The summed E-state index contributed by atoms with van der Waals surface area (Å²) in [6.07, 6.45) is 4.95. The molecular weight excluding hydrogens is 408 g/mol. The summed E-state index contributed by atoms with van der Waals surface area (Å²) in [5.74, 6) is 0.725. The molecule has 0 saturated carbocycles. The molecule has 2 aromatic heterocycles. The van der Waals surface area contributed by atoms with Crippen molar-refractivity contribution in [2.45, 2.75) is 30.7 Å². The van der Waals surface area contributed by atoms with E-state index in [2.05, 4.69) is 47.7 Å². The van der Waals surface area contributed by atoms with Gasteiger partial charge in [-0.2, -0.15) is 0 Å². The second kappa shape index (κ2) is 10.6. The van der Waals surface area contributed by atoms with Crippen LogP contribution in [0.25, 0.3) is 0 Å². The summed E-state index contributed by atoms with van der Waals surface area (Å²) in [5, 5.41) is 10.2. The Labute approximate surface area is 176 Å². The van der Waals surface area contributed by atoms with Gasteiger partial charge in [-0.15, -0.1) is 11.3 Å². The molecule has 158 valence electrons. The van der Waals surface area contributed by atoms with Gasteiger partial charge in [0.15, 0.2) is 5.96 Å². The maximum atomic E-state index is 12.2. The molecule has 0 radical (unpaired) electrons. The number of sulfonamides is 1. The number of piperidine rings is 1. The predicted molar refractivity (Wildman–Crippen MR) is 118 cm³/mol.